The number of rotatable bonds is 2. The predicted octanol–water partition coefficient (Wildman–Crippen LogP) is 2.56. The number of benzene rings is 1. The minimum Gasteiger partial charge on any atom is -0.225 e. The molecule has 0 saturated heterocycles. The lowest BCUT2D eigenvalue weighted by atomic mass is 9.77. The number of sulfonamides is 1. The Morgan fingerprint density at radius 2 is 1.61 bits per heavy atom. The molecule has 0 aromatic heterocycles. The zero-order valence-electron chi connectivity index (χ0n) is 10.6. The molecule has 18 heavy (non-hydrogen) atoms. The van der Waals surface area contributed by atoms with Crippen LogP contribution in [-0.2, 0) is 15.4 Å². The first-order valence-electron chi connectivity index (χ1n) is 6.47. The van der Waals surface area contributed by atoms with Crippen LogP contribution in [0, 0.1) is 5.41 Å². The molecule has 2 N–H and O–H groups in total. The molecule has 4 heteroatoms. The Kier molecular flexibility index (Phi) is 2.42. The second-order valence-electron chi connectivity index (χ2n) is 6.34. The van der Waals surface area contributed by atoms with Gasteiger partial charge in [-0.1, -0.05) is 19.1 Å². The fourth-order valence-electron chi connectivity index (χ4n) is 3.89. The Morgan fingerprint density at radius 1 is 1.06 bits per heavy atom. The van der Waals surface area contributed by atoms with Gasteiger partial charge in [0.25, 0.3) is 0 Å². The van der Waals surface area contributed by atoms with Crippen LogP contribution in [0.1, 0.15) is 44.6 Å². The van der Waals surface area contributed by atoms with Gasteiger partial charge in [-0.3, -0.25) is 0 Å². The summed E-state index contributed by atoms with van der Waals surface area (Å²) in [6, 6.07) is 7.20. The Bertz CT molecular complexity index is 566. The van der Waals surface area contributed by atoms with Gasteiger partial charge in [-0.05, 0) is 60.6 Å². The van der Waals surface area contributed by atoms with Crippen molar-refractivity contribution in [2.45, 2.75) is 49.3 Å². The molecule has 2 aliphatic rings. The minimum absolute atomic E-state index is 0.210. The van der Waals surface area contributed by atoms with Gasteiger partial charge in [0.2, 0.25) is 10.0 Å². The summed E-state index contributed by atoms with van der Waals surface area (Å²) in [5.74, 6) is 0. The second-order valence-corrected chi connectivity index (χ2v) is 7.90. The summed E-state index contributed by atoms with van der Waals surface area (Å²) in [5, 5.41) is 5.13. The first-order valence-corrected chi connectivity index (χ1v) is 8.01. The van der Waals surface area contributed by atoms with E-state index in [1.807, 2.05) is 12.1 Å². The van der Waals surface area contributed by atoms with Crippen LogP contribution < -0.4 is 5.14 Å². The molecule has 3 rings (SSSR count). The van der Waals surface area contributed by atoms with Crippen molar-refractivity contribution < 1.29 is 8.42 Å². The van der Waals surface area contributed by atoms with Crippen molar-refractivity contribution in [2.24, 2.45) is 10.6 Å². The van der Waals surface area contributed by atoms with Gasteiger partial charge in [-0.25, -0.2) is 13.6 Å². The summed E-state index contributed by atoms with van der Waals surface area (Å²) >= 11 is 0. The Balaban J connectivity index is 1.95. The molecule has 0 amide bonds. The molecular weight excluding hydrogens is 246 g/mol. The highest BCUT2D eigenvalue weighted by atomic mass is 32.2. The maximum absolute atomic E-state index is 11.3. The molecule has 2 fully saturated rings. The summed E-state index contributed by atoms with van der Waals surface area (Å²) in [6.45, 7) is 2.38. The van der Waals surface area contributed by atoms with Gasteiger partial charge < -0.3 is 0 Å². The molecule has 0 unspecified atom stereocenters. The van der Waals surface area contributed by atoms with Crippen molar-refractivity contribution in [1.82, 2.24) is 0 Å². The van der Waals surface area contributed by atoms with Gasteiger partial charge in [-0.2, -0.15) is 0 Å². The van der Waals surface area contributed by atoms with E-state index < -0.39 is 10.0 Å². The fourth-order valence-corrected chi connectivity index (χ4v) is 4.41. The van der Waals surface area contributed by atoms with Crippen molar-refractivity contribution in [3.05, 3.63) is 29.8 Å². The van der Waals surface area contributed by atoms with Crippen LogP contribution in [0.3, 0.4) is 0 Å². The highest BCUT2D eigenvalue weighted by molar-refractivity contribution is 7.89. The lowest BCUT2D eigenvalue weighted by Gasteiger charge is -2.27. The van der Waals surface area contributed by atoms with Crippen molar-refractivity contribution >= 4 is 10.0 Å². The monoisotopic (exact) mass is 265 g/mol. The SMILES string of the molecule is CC12CCC(c3ccc(S(N)(=O)=O)cc3)(CC1)C2. The first-order chi connectivity index (χ1) is 8.33. The van der Waals surface area contributed by atoms with E-state index in [1.54, 1.807) is 12.1 Å². The molecule has 1 aromatic rings. The number of nitrogens with two attached hydrogens (primary N) is 1. The normalized spacial score (nSPS) is 35.0. The van der Waals surface area contributed by atoms with Crippen molar-refractivity contribution in [1.29, 1.82) is 0 Å². The van der Waals surface area contributed by atoms with Gasteiger partial charge in [0, 0.05) is 0 Å². The maximum Gasteiger partial charge on any atom is 0.238 e. The van der Waals surface area contributed by atoms with E-state index in [9.17, 15) is 8.42 Å². The molecule has 2 saturated carbocycles. The van der Waals surface area contributed by atoms with Crippen LogP contribution in [0.5, 0.6) is 0 Å². The van der Waals surface area contributed by atoms with Crippen LogP contribution in [-0.4, -0.2) is 8.42 Å². The zero-order chi connectivity index (χ0) is 13.0. The van der Waals surface area contributed by atoms with E-state index >= 15 is 0 Å². The summed E-state index contributed by atoms with van der Waals surface area (Å²) in [6.07, 6.45) is 6.30. The third-order valence-corrected chi connectivity index (χ3v) is 5.90. The van der Waals surface area contributed by atoms with Crippen molar-refractivity contribution in [2.75, 3.05) is 0 Å². The summed E-state index contributed by atoms with van der Waals surface area (Å²) in [7, 11) is -3.57. The van der Waals surface area contributed by atoms with E-state index in [4.69, 9.17) is 5.14 Å². The fraction of sp³-hybridized carbons (Fsp3) is 0.571. The summed E-state index contributed by atoms with van der Waals surface area (Å²) in [5.41, 5.74) is 2.10. The van der Waals surface area contributed by atoms with Gasteiger partial charge >= 0.3 is 0 Å². The molecule has 1 aromatic carbocycles. The number of fused-ring (bicyclic) bond motifs is 2. The zero-order valence-corrected chi connectivity index (χ0v) is 11.5. The highest BCUT2D eigenvalue weighted by Crippen LogP contribution is 2.61. The molecule has 2 aliphatic carbocycles. The van der Waals surface area contributed by atoms with Crippen molar-refractivity contribution in [3.63, 3.8) is 0 Å². The summed E-state index contributed by atoms with van der Waals surface area (Å²) < 4.78 is 22.5. The largest absolute Gasteiger partial charge is 0.238 e. The van der Waals surface area contributed by atoms with E-state index in [2.05, 4.69) is 6.92 Å². The molecule has 0 radical (unpaired) electrons. The quantitative estimate of drug-likeness (QED) is 0.893. The number of hydrogen-bond donors (Lipinski definition) is 1. The highest BCUT2D eigenvalue weighted by Gasteiger charge is 2.52. The second kappa shape index (κ2) is 3.58. The molecular formula is C14H19NO2S. The number of primary sulfonamides is 1. The molecule has 0 atom stereocenters. The molecule has 98 valence electrons. The van der Waals surface area contributed by atoms with Crippen molar-refractivity contribution in [3.8, 4) is 0 Å². The average molecular weight is 265 g/mol. The van der Waals surface area contributed by atoms with Gasteiger partial charge in [0.05, 0.1) is 4.90 Å². The third-order valence-electron chi connectivity index (χ3n) is 4.97. The maximum atomic E-state index is 11.3. The third kappa shape index (κ3) is 1.79. The van der Waals surface area contributed by atoms with Gasteiger partial charge in [0.1, 0.15) is 0 Å². The Hall–Kier alpha value is -0.870. The van der Waals surface area contributed by atoms with E-state index in [-0.39, 0.29) is 4.90 Å². The van der Waals surface area contributed by atoms with Crippen LogP contribution >= 0.6 is 0 Å². The Morgan fingerprint density at radius 3 is 2.00 bits per heavy atom. The lowest BCUT2D eigenvalue weighted by Crippen LogP contribution is -2.20. The van der Waals surface area contributed by atoms with E-state index in [0.29, 0.717) is 10.8 Å². The van der Waals surface area contributed by atoms with Crippen LogP contribution in [0.4, 0.5) is 0 Å². The molecule has 2 bridgehead atoms. The number of hydrogen-bond acceptors (Lipinski definition) is 2. The van der Waals surface area contributed by atoms with Crippen LogP contribution in [0.25, 0.3) is 0 Å². The first kappa shape index (κ1) is 12.2. The predicted molar refractivity (Wildman–Crippen MR) is 70.7 cm³/mol. The summed E-state index contributed by atoms with van der Waals surface area (Å²) in [4.78, 5) is 0.210. The van der Waals surface area contributed by atoms with Crippen LogP contribution in [0.15, 0.2) is 29.2 Å². The standard InChI is InChI=1S/C14H19NO2S/c1-13-6-8-14(10-13,9-7-13)11-2-4-12(5-3-11)18(15,16)17/h2-5H,6-10H2,1H3,(H2,15,16,17). The molecule has 0 aliphatic heterocycles. The molecule has 0 heterocycles. The van der Waals surface area contributed by atoms with Gasteiger partial charge in [0.15, 0.2) is 0 Å². The van der Waals surface area contributed by atoms with Gasteiger partial charge in [-0.15, -0.1) is 0 Å². The minimum atomic E-state index is -3.57. The van der Waals surface area contributed by atoms with Crippen LogP contribution in [0.2, 0.25) is 0 Å². The lowest BCUT2D eigenvalue weighted by molar-refractivity contribution is 0.328. The molecule has 3 nitrogen and oxygen atoms in total. The average Bonchev–Trinajstić information content (AvgIpc) is 2.83. The smallest absolute Gasteiger partial charge is 0.225 e. The van der Waals surface area contributed by atoms with E-state index in [0.717, 1.165) is 0 Å². The Labute approximate surface area is 108 Å². The van der Waals surface area contributed by atoms with E-state index in [1.165, 1.54) is 37.7 Å². The topological polar surface area (TPSA) is 60.2 Å². The molecule has 0 spiro atoms.